The van der Waals surface area contributed by atoms with Crippen molar-refractivity contribution in [2.75, 3.05) is 11.9 Å². The Balaban J connectivity index is 1.70. The highest BCUT2D eigenvalue weighted by Crippen LogP contribution is 2.22. The summed E-state index contributed by atoms with van der Waals surface area (Å²) in [5.74, 6) is -0.554. The summed E-state index contributed by atoms with van der Waals surface area (Å²) in [5, 5.41) is 11.1. The molecule has 0 spiro atoms. The third kappa shape index (κ3) is 3.41. The Morgan fingerprint density at radius 1 is 1.35 bits per heavy atom. The molecule has 0 fully saturated rings. The van der Waals surface area contributed by atoms with E-state index < -0.39 is 18.5 Å². The number of anilines is 1. The summed E-state index contributed by atoms with van der Waals surface area (Å²) in [6.45, 7) is 6.91. The van der Waals surface area contributed by atoms with Crippen molar-refractivity contribution in [2.24, 2.45) is 0 Å². The highest BCUT2D eigenvalue weighted by Gasteiger charge is 2.20. The molecule has 0 radical (unpaired) electrons. The number of fused-ring (bicyclic) bond motifs is 1. The van der Waals surface area contributed by atoms with Crippen LogP contribution in [0, 0.1) is 13.8 Å². The first-order valence-corrected chi connectivity index (χ1v) is 8.11. The van der Waals surface area contributed by atoms with Gasteiger partial charge in [0.1, 0.15) is 5.82 Å². The highest BCUT2D eigenvalue weighted by molar-refractivity contribution is 6.04. The molecule has 0 aliphatic rings. The fourth-order valence-corrected chi connectivity index (χ4v) is 2.59. The van der Waals surface area contributed by atoms with Crippen LogP contribution in [0.15, 0.2) is 22.9 Å². The Labute approximate surface area is 149 Å². The molecule has 0 bridgehead atoms. The van der Waals surface area contributed by atoms with E-state index in [0.717, 1.165) is 0 Å². The number of hydrogen-bond donors (Lipinski definition) is 1. The molecule has 3 aromatic rings. The van der Waals surface area contributed by atoms with Crippen LogP contribution in [-0.4, -0.2) is 38.4 Å². The second kappa shape index (κ2) is 6.95. The fourth-order valence-electron chi connectivity index (χ4n) is 2.59. The first kappa shape index (κ1) is 17.6. The summed E-state index contributed by atoms with van der Waals surface area (Å²) in [4.78, 5) is 28.7. The van der Waals surface area contributed by atoms with Gasteiger partial charge in [0, 0.05) is 17.8 Å². The minimum Gasteiger partial charge on any atom is -0.452 e. The standard InChI is InChI=1S/C17H19N5O4/c1-9(2)22-13(5-6-18-22)20-14(23)8-25-17(24)12-7-10(3)19-16-15(12)11(4)21-26-16/h5-7,9H,8H2,1-4H3,(H,20,23). The molecule has 3 rings (SSSR count). The lowest BCUT2D eigenvalue weighted by Crippen LogP contribution is -2.23. The minimum atomic E-state index is -0.640. The molecule has 3 heterocycles. The predicted octanol–water partition coefficient (Wildman–Crippen LogP) is 2.41. The van der Waals surface area contributed by atoms with E-state index in [1.807, 2.05) is 13.8 Å². The van der Waals surface area contributed by atoms with E-state index in [9.17, 15) is 9.59 Å². The van der Waals surface area contributed by atoms with Crippen LogP contribution in [0.3, 0.4) is 0 Å². The number of hydrogen-bond acceptors (Lipinski definition) is 7. The van der Waals surface area contributed by atoms with Crippen LogP contribution < -0.4 is 5.32 Å². The fraction of sp³-hybridized carbons (Fsp3) is 0.353. The van der Waals surface area contributed by atoms with Crippen molar-refractivity contribution >= 4 is 28.8 Å². The Hall–Kier alpha value is -3.23. The quantitative estimate of drug-likeness (QED) is 0.698. The molecule has 1 N–H and O–H groups in total. The maximum Gasteiger partial charge on any atom is 0.339 e. The topological polar surface area (TPSA) is 112 Å². The molecule has 9 heteroatoms. The number of pyridine rings is 1. The van der Waals surface area contributed by atoms with Gasteiger partial charge in [-0.15, -0.1) is 0 Å². The first-order valence-electron chi connectivity index (χ1n) is 8.11. The van der Waals surface area contributed by atoms with Gasteiger partial charge in [0.2, 0.25) is 0 Å². The molecule has 0 aromatic carbocycles. The van der Waals surface area contributed by atoms with Crippen molar-refractivity contribution in [3.05, 3.63) is 35.3 Å². The molecule has 26 heavy (non-hydrogen) atoms. The third-order valence-corrected chi connectivity index (χ3v) is 3.73. The average molecular weight is 357 g/mol. The van der Waals surface area contributed by atoms with Gasteiger partial charge < -0.3 is 14.6 Å². The molecule has 136 valence electrons. The maximum atomic E-state index is 12.4. The van der Waals surface area contributed by atoms with Crippen LogP contribution >= 0.6 is 0 Å². The van der Waals surface area contributed by atoms with Gasteiger partial charge in [-0.05, 0) is 33.8 Å². The monoisotopic (exact) mass is 357 g/mol. The van der Waals surface area contributed by atoms with Gasteiger partial charge in [-0.3, -0.25) is 4.79 Å². The number of nitrogens with zero attached hydrogens (tertiary/aromatic N) is 4. The molecule has 0 saturated carbocycles. The molecule has 0 atom stereocenters. The van der Waals surface area contributed by atoms with Gasteiger partial charge in [0.15, 0.2) is 6.61 Å². The molecule has 0 aliphatic carbocycles. The lowest BCUT2D eigenvalue weighted by molar-refractivity contribution is -0.119. The average Bonchev–Trinajstić information content (AvgIpc) is 3.19. The second-order valence-electron chi connectivity index (χ2n) is 6.14. The summed E-state index contributed by atoms with van der Waals surface area (Å²) in [7, 11) is 0. The van der Waals surface area contributed by atoms with Crippen molar-refractivity contribution < 1.29 is 18.8 Å². The van der Waals surface area contributed by atoms with E-state index in [1.165, 1.54) is 0 Å². The second-order valence-corrected chi connectivity index (χ2v) is 6.14. The number of carbonyl (C=O) groups is 2. The third-order valence-electron chi connectivity index (χ3n) is 3.73. The number of esters is 1. The SMILES string of the molecule is Cc1cc(C(=O)OCC(=O)Nc2ccnn2C(C)C)c2c(C)noc2n1. The van der Waals surface area contributed by atoms with Crippen molar-refractivity contribution in [1.82, 2.24) is 19.9 Å². The van der Waals surface area contributed by atoms with Crippen LogP contribution in [0.5, 0.6) is 0 Å². The number of amides is 1. The summed E-state index contributed by atoms with van der Waals surface area (Å²) >= 11 is 0. The van der Waals surface area contributed by atoms with Gasteiger partial charge in [0.05, 0.1) is 22.8 Å². The number of ether oxygens (including phenoxy) is 1. The van der Waals surface area contributed by atoms with Crippen molar-refractivity contribution in [3.63, 3.8) is 0 Å². The summed E-state index contributed by atoms with van der Waals surface area (Å²) in [6, 6.07) is 3.35. The van der Waals surface area contributed by atoms with Crippen LogP contribution in [0.2, 0.25) is 0 Å². The first-order chi connectivity index (χ1) is 12.4. The van der Waals surface area contributed by atoms with Crippen LogP contribution in [0.25, 0.3) is 11.1 Å². The minimum absolute atomic E-state index is 0.0903. The number of carbonyl (C=O) groups excluding carboxylic acids is 2. The Bertz CT molecular complexity index is 973. The van der Waals surface area contributed by atoms with E-state index in [1.54, 1.807) is 36.9 Å². The summed E-state index contributed by atoms with van der Waals surface area (Å²) in [5.41, 5.74) is 1.65. The van der Waals surface area contributed by atoms with E-state index >= 15 is 0 Å². The lowest BCUT2D eigenvalue weighted by atomic mass is 10.1. The molecule has 9 nitrogen and oxygen atoms in total. The van der Waals surface area contributed by atoms with Crippen molar-refractivity contribution in [1.29, 1.82) is 0 Å². The number of nitrogens with one attached hydrogen (secondary N) is 1. The van der Waals surface area contributed by atoms with Crippen molar-refractivity contribution in [3.8, 4) is 0 Å². The van der Waals surface area contributed by atoms with E-state index in [2.05, 4.69) is 20.6 Å². The van der Waals surface area contributed by atoms with Crippen molar-refractivity contribution in [2.45, 2.75) is 33.7 Å². The molecular weight excluding hydrogens is 338 g/mol. The number of rotatable bonds is 5. The number of aryl methyl sites for hydroxylation is 2. The molecular formula is C17H19N5O4. The van der Waals surface area contributed by atoms with Crippen LogP contribution in [-0.2, 0) is 9.53 Å². The maximum absolute atomic E-state index is 12.4. The zero-order chi connectivity index (χ0) is 18.8. The zero-order valence-electron chi connectivity index (χ0n) is 14.9. The Morgan fingerprint density at radius 2 is 2.12 bits per heavy atom. The van der Waals surface area contributed by atoms with E-state index in [0.29, 0.717) is 22.6 Å². The molecule has 1 amide bonds. The Morgan fingerprint density at radius 3 is 2.85 bits per heavy atom. The Kier molecular flexibility index (Phi) is 4.70. The molecule has 0 unspecified atom stereocenters. The summed E-state index contributed by atoms with van der Waals surface area (Å²) < 4.78 is 11.9. The predicted molar refractivity (Wildman–Crippen MR) is 92.8 cm³/mol. The van der Waals surface area contributed by atoms with E-state index in [-0.39, 0.29) is 17.3 Å². The highest BCUT2D eigenvalue weighted by atomic mass is 16.5. The molecule has 0 saturated heterocycles. The van der Waals surface area contributed by atoms with E-state index in [4.69, 9.17) is 9.26 Å². The normalized spacial score (nSPS) is 11.1. The zero-order valence-corrected chi connectivity index (χ0v) is 14.9. The molecule has 3 aromatic heterocycles. The largest absolute Gasteiger partial charge is 0.452 e. The van der Waals surface area contributed by atoms with Gasteiger partial charge in [-0.2, -0.15) is 5.10 Å². The van der Waals surface area contributed by atoms with Gasteiger partial charge >= 0.3 is 5.97 Å². The smallest absolute Gasteiger partial charge is 0.339 e. The van der Waals surface area contributed by atoms with Gasteiger partial charge in [-0.25, -0.2) is 14.5 Å². The van der Waals surface area contributed by atoms with Gasteiger partial charge in [-0.1, -0.05) is 5.16 Å². The lowest BCUT2D eigenvalue weighted by Gasteiger charge is -2.12. The van der Waals surface area contributed by atoms with Crippen LogP contribution in [0.4, 0.5) is 5.82 Å². The van der Waals surface area contributed by atoms with Gasteiger partial charge in [0.25, 0.3) is 11.6 Å². The number of aromatic nitrogens is 4. The van der Waals surface area contributed by atoms with Crippen LogP contribution in [0.1, 0.15) is 41.6 Å². The summed E-state index contributed by atoms with van der Waals surface area (Å²) in [6.07, 6.45) is 1.59. The molecule has 0 aliphatic heterocycles.